The van der Waals surface area contributed by atoms with Gasteiger partial charge in [0.1, 0.15) is 5.02 Å². The molecule has 0 aromatic heterocycles. The van der Waals surface area contributed by atoms with Gasteiger partial charge in [-0.3, -0.25) is 14.9 Å². The Morgan fingerprint density at radius 3 is 2.68 bits per heavy atom. The molecule has 0 bridgehead atoms. The largest absolute Gasteiger partial charge is 0.349 e. The van der Waals surface area contributed by atoms with E-state index in [4.69, 9.17) is 23.2 Å². The molecule has 1 rings (SSSR count). The Bertz CT molecular complexity index is 511. The van der Waals surface area contributed by atoms with Crippen molar-refractivity contribution in [2.75, 3.05) is 12.0 Å². The number of nitro benzene ring substituents is 1. The summed E-state index contributed by atoms with van der Waals surface area (Å²) in [6, 6.07) is 2.39. The highest BCUT2D eigenvalue weighted by atomic mass is 35.5. The Kier molecular flexibility index (Phi) is 5.90. The summed E-state index contributed by atoms with van der Waals surface area (Å²) in [5.74, 6) is 0.332. The molecule has 1 unspecified atom stereocenters. The summed E-state index contributed by atoms with van der Waals surface area (Å²) >= 11 is 13.1. The summed E-state index contributed by atoms with van der Waals surface area (Å²) < 4.78 is 0. The Morgan fingerprint density at radius 2 is 2.16 bits per heavy atom. The predicted octanol–water partition coefficient (Wildman–Crippen LogP) is 3.38. The molecule has 0 aliphatic rings. The molecule has 1 N–H and O–H groups in total. The standard InChI is InChI=1S/C11H12Cl2N2O3S/c1-6(5-19-2)14-11(16)7-3-8(12)10(13)9(4-7)15(17)18/h3-4,6H,5H2,1-2H3,(H,14,16). The first-order valence-corrected chi connectivity index (χ1v) is 7.45. The highest BCUT2D eigenvalue weighted by Crippen LogP contribution is 2.33. The SMILES string of the molecule is CSCC(C)NC(=O)c1cc(Cl)c(Cl)c([N+](=O)[O-])c1. The minimum Gasteiger partial charge on any atom is -0.349 e. The number of hydrogen-bond donors (Lipinski definition) is 1. The van der Waals surface area contributed by atoms with Crippen molar-refractivity contribution in [1.82, 2.24) is 5.32 Å². The predicted molar refractivity (Wildman–Crippen MR) is 78.4 cm³/mol. The van der Waals surface area contributed by atoms with Gasteiger partial charge in [0.2, 0.25) is 0 Å². The van der Waals surface area contributed by atoms with Crippen LogP contribution in [0.1, 0.15) is 17.3 Å². The van der Waals surface area contributed by atoms with E-state index in [9.17, 15) is 14.9 Å². The first-order chi connectivity index (χ1) is 8.86. The molecule has 1 aromatic rings. The van der Waals surface area contributed by atoms with E-state index >= 15 is 0 Å². The maximum Gasteiger partial charge on any atom is 0.290 e. The second-order valence-corrected chi connectivity index (χ2v) is 5.57. The molecule has 0 saturated carbocycles. The number of thioether (sulfide) groups is 1. The van der Waals surface area contributed by atoms with E-state index in [0.717, 1.165) is 11.8 Å². The first kappa shape index (κ1) is 16.1. The van der Waals surface area contributed by atoms with Gasteiger partial charge in [0, 0.05) is 23.4 Å². The topological polar surface area (TPSA) is 72.2 Å². The van der Waals surface area contributed by atoms with Crippen molar-refractivity contribution < 1.29 is 9.72 Å². The van der Waals surface area contributed by atoms with E-state index in [1.165, 1.54) is 6.07 Å². The molecule has 19 heavy (non-hydrogen) atoms. The third-order valence-electron chi connectivity index (χ3n) is 2.26. The van der Waals surface area contributed by atoms with Crippen LogP contribution < -0.4 is 5.32 Å². The molecule has 1 atom stereocenters. The number of hydrogen-bond acceptors (Lipinski definition) is 4. The smallest absolute Gasteiger partial charge is 0.290 e. The molecule has 8 heteroatoms. The minimum absolute atomic E-state index is 0.0152. The molecule has 1 aromatic carbocycles. The molecule has 0 aliphatic carbocycles. The number of nitrogens with one attached hydrogen (secondary N) is 1. The van der Waals surface area contributed by atoms with Crippen LogP contribution in [0.2, 0.25) is 10.0 Å². The average molecular weight is 323 g/mol. The van der Waals surface area contributed by atoms with Gasteiger partial charge < -0.3 is 5.32 Å². The lowest BCUT2D eigenvalue weighted by molar-refractivity contribution is -0.384. The molecular formula is C11H12Cl2N2O3S. The lowest BCUT2D eigenvalue weighted by Gasteiger charge is -2.12. The van der Waals surface area contributed by atoms with Gasteiger partial charge in [-0.15, -0.1) is 0 Å². The van der Waals surface area contributed by atoms with Crippen LogP contribution in [0, 0.1) is 10.1 Å². The zero-order chi connectivity index (χ0) is 14.6. The molecule has 0 radical (unpaired) electrons. The molecule has 0 spiro atoms. The van der Waals surface area contributed by atoms with Gasteiger partial charge in [-0.25, -0.2) is 0 Å². The summed E-state index contributed by atoms with van der Waals surface area (Å²) in [4.78, 5) is 22.1. The molecule has 0 aliphatic heterocycles. The fraction of sp³-hybridized carbons (Fsp3) is 0.364. The third-order valence-corrected chi connectivity index (χ3v) is 3.89. The Labute approximate surface area is 124 Å². The zero-order valence-electron chi connectivity index (χ0n) is 10.3. The van der Waals surface area contributed by atoms with Crippen LogP contribution in [0.4, 0.5) is 5.69 Å². The summed E-state index contributed by atoms with van der Waals surface area (Å²) in [5.41, 5.74) is -0.258. The normalized spacial score (nSPS) is 12.0. The van der Waals surface area contributed by atoms with Gasteiger partial charge in [0.05, 0.1) is 9.95 Å². The van der Waals surface area contributed by atoms with Gasteiger partial charge in [-0.2, -0.15) is 11.8 Å². The van der Waals surface area contributed by atoms with Crippen LogP contribution in [0.25, 0.3) is 0 Å². The van der Waals surface area contributed by atoms with E-state index in [2.05, 4.69) is 5.32 Å². The number of amides is 1. The van der Waals surface area contributed by atoms with Crippen molar-refractivity contribution in [2.45, 2.75) is 13.0 Å². The summed E-state index contributed by atoms with van der Waals surface area (Å²) in [6.45, 7) is 1.85. The molecule has 0 heterocycles. The summed E-state index contributed by atoms with van der Waals surface area (Å²) in [7, 11) is 0. The molecule has 5 nitrogen and oxygen atoms in total. The Balaban J connectivity index is 3.01. The molecular weight excluding hydrogens is 311 g/mol. The van der Waals surface area contributed by atoms with Crippen LogP contribution in [0.3, 0.4) is 0 Å². The van der Waals surface area contributed by atoms with Gasteiger partial charge in [0.25, 0.3) is 11.6 Å². The monoisotopic (exact) mass is 322 g/mol. The zero-order valence-corrected chi connectivity index (χ0v) is 12.6. The highest BCUT2D eigenvalue weighted by Gasteiger charge is 2.20. The van der Waals surface area contributed by atoms with Crippen molar-refractivity contribution >= 4 is 46.6 Å². The maximum absolute atomic E-state index is 11.9. The molecule has 0 saturated heterocycles. The van der Waals surface area contributed by atoms with Gasteiger partial charge in [0.15, 0.2) is 0 Å². The van der Waals surface area contributed by atoms with Crippen LogP contribution in [0.5, 0.6) is 0 Å². The van der Waals surface area contributed by atoms with Crippen LogP contribution >= 0.6 is 35.0 Å². The average Bonchev–Trinajstić information content (AvgIpc) is 2.32. The van der Waals surface area contributed by atoms with E-state index in [0.29, 0.717) is 0 Å². The number of carbonyl (C=O) groups excluding carboxylic acids is 1. The van der Waals surface area contributed by atoms with Crippen molar-refractivity contribution in [2.24, 2.45) is 0 Å². The third kappa shape index (κ3) is 4.26. The number of carbonyl (C=O) groups is 1. The number of nitrogens with zero attached hydrogens (tertiary/aromatic N) is 1. The Hall–Kier alpha value is -0.980. The molecule has 104 valence electrons. The van der Waals surface area contributed by atoms with Crippen molar-refractivity contribution in [1.29, 1.82) is 0 Å². The quantitative estimate of drug-likeness (QED) is 0.666. The maximum atomic E-state index is 11.9. The first-order valence-electron chi connectivity index (χ1n) is 5.30. The summed E-state index contributed by atoms with van der Waals surface area (Å²) in [6.07, 6.45) is 1.92. The number of nitro groups is 1. The second-order valence-electron chi connectivity index (χ2n) is 3.88. The second kappa shape index (κ2) is 6.98. The van der Waals surface area contributed by atoms with Gasteiger partial charge >= 0.3 is 0 Å². The van der Waals surface area contributed by atoms with Crippen molar-refractivity contribution in [3.8, 4) is 0 Å². The van der Waals surface area contributed by atoms with E-state index in [1.807, 2.05) is 13.2 Å². The minimum atomic E-state index is -0.670. The van der Waals surface area contributed by atoms with E-state index in [-0.39, 0.29) is 27.3 Å². The Morgan fingerprint density at radius 1 is 1.53 bits per heavy atom. The van der Waals surface area contributed by atoms with E-state index in [1.54, 1.807) is 11.8 Å². The van der Waals surface area contributed by atoms with Crippen molar-refractivity contribution in [3.05, 3.63) is 37.9 Å². The fourth-order valence-electron chi connectivity index (χ4n) is 1.44. The lowest BCUT2D eigenvalue weighted by atomic mass is 10.2. The summed E-state index contributed by atoms with van der Waals surface area (Å²) in [5, 5.41) is 13.3. The fourth-order valence-corrected chi connectivity index (χ4v) is 2.41. The van der Waals surface area contributed by atoms with Crippen LogP contribution in [-0.2, 0) is 0 Å². The molecule has 1 amide bonds. The highest BCUT2D eigenvalue weighted by molar-refractivity contribution is 7.98. The van der Waals surface area contributed by atoms with Gasteiger partial charge in [-0.05, 0) is 19.2 Å². The van der Waals surface area contributed by atoms with Crippen molar-refractivity contribution in [3.63, 3.8) is 0 Å². The molecule has 0 fully saturated rings. The lowest BCUT2D eigenvalue weighted by Crippen LogP contribution is -2.34. The number of benzene rings is 1. The number of halogens is 2. The number of rotatable bonds is 5. The van der Waals surface area contributed by atoms with Crippen LogP contribution in [-0.4, -0.2) is 28.9 Å². The van der Waals surface area contributed by atoms with Crippen LogP contribution in [0.15, 0.2) is 12.1 Å². The van der Waals surface area contributed by atoms with E-state index < -0.39 is 10.8 Å². The van der Waals surface area contributed by atoms with Gasteiger partial charge in [-0.1, -0.05) is 23.2 Å².